The second-order valence-electron chi connectivity index (χ2n) is 7.44. The van der Waals surface area contributed by atoms with E-state index in [4.69, 9.17) is 5.21 Å². The first-order valence-corrected chi connectivity index (χ1v) is 11.2. The molecule has 0 aliphatic heterocycles. The number of hydroxylamine groups is 1. The summed E-state index contributed by atoms with van der Waals surface area (Å²) in [6, 6.07) is 24.2. The van der Waals surface area contributed by atoms with Crippen LogP contribution < -0.4 is 15.5 Å². The lowest BCUT2D eigenvalue weighted by atomic mass is 10.0. The van der Waals surface area contributed by atoms with E-state index in [9.17, 15) is 19.1 Å². The Hall–Kier alpha value is -4.34. The maximum Gasteiger partial charge on any atom is 0.274 e. The highest BCUT2D eigenvalue weighted by molar-refractivity contribution is 8.00. The van der Waals surface area contributed by atoms with Gasteiger partial charge in [0, 0.05) is 21.7 Å². The number of halogens is 1. The van der Waals surface area contributed by atoms with Crippen molar-refractivity contribution >= 4 is 35.1 Å². The Morgan fingerprint density at radius 3 is 1.89 bits per heavy atom. The fourth-order valence-electron chi connectivity index (χ4n) is 3.21. The second kappa shape index (κ2) is 10.7. The zero-order valence-corrected chi connectivity index (χ0v) is 19.0. The number of aromatic hydroxyl groups is 1. The standard InChI is InChI=1S/C26H20FN3O4S/c27-20-9-12-22(13-10-20)35-30-23-15-21(11-14-24(23)31)28-25(32)18-5-1-16(2-6-18)17-3-7-19(8-4-17)26(33)29-34/h1-15,30-31,34H,(H,28,32)(H,29,33). The molecule has 7 nitrogen and oxygen atoms in total. The summed E-state index contributed by atoms with van der Waals surface area (Å²) < 4.78 is 16.1. The molecule has 0 spiro atoms. The maximum atomic E-state index is 13.1. The number of anilines is 2. The molecule has 176 valence electrons. The molecule has 35 heavy (non-hydrogen) atoms. The average molecular weight is 490 g/mol. The van der Waals surface area contributed by atoms with Gasteiger partial charge in [0.2, 0.25) is 0 Å². The van der Waals surface area contributed by atoms with Crippen LogP contribution in [0.15, 0.2) is 95.9 Å². The van der Waals surface area contributed by atoms with Crippen LogP contribution in [-0.4, -0.2) is 22.1 Å². The predicted octanol–water partition coefficient (Wildman–Crippen LogP) is 5.69. The SMILES string of the molecule is O=C(NO)c1ccc(-c2ccc(C(=O)Nc3ccc(O)c(NSc4ccc(F)cc4)c3)cc2)cc1. The molecule has 0 bridgehead atoms. The third kappa shape index (κ3) is 5.97. The minimum Gasteiger partial charge on any atom is -0.506 e. The Morgan fingerprint density at radius 2 is 1.31 bits per heavy atom. The normalized spacial score (nSPS) is 10.5. The molecule has 9 heteroatoms. The van der Waals surface area contributed by atoms with Crippen LogP contribution in [0.2, 0.25) is 0 Å². The van der Waals surface area contributed by atoms with Gasteiger partial charge < -0.3 is 15.1 Å². The molecular formula is C26H20FN3O4S. The number of carbonyl (C=O) groups is 2. The Balaban J connectivity index is 1.41. The zero-order valence-electron chi connectivity index (χ0n) is 18.2. The number of phenolic OH excluding ortho intramolecular Hbond substituents is 1. The van der Waals surface area contributed by atoms with E-state index < -0.39 is 5.91 Å². The molecule has 0 aliphatic rings. The molecule has 0 unspecified atom stereocenters. The molecule has 0 aliphatic carbocycles. The smallest absolute Gasteiger partial charge is 0.274 e. The summed E-state index contributed by atoms with van der Waals surface area (Å²) in [7, 11) is 0. The van der Waals surface area contributed by atoms with Gasteiger partial charge in [0.05, 0.1) is 5.69 Å². The number of rotatable bonds is 7. The molecule has 0 atom stereocenters. The van der Waals surface area contributed by atoms with Gasteiger partial charge in [-0.05, 0) is 89.8 Å². The fourth-order valence-corrected chi connectivity index (χ4v) is 3.87. The van der Waals surface area contributed by atoms with Crippen molar-refractivity contribution in [1.82, 2.24) is 5.48 Å². The number of carbonyl (C=O) groups excluding carboxylic acids is 2. The van der Waals surface area contributed by atoms with Crippen molar-refractivity contribution < 1.29 is 24.3 Å². The van der Waals surface area contributed by atoms with E-state index in [-0.39, 0.29) is 17.5 Å². The summed E-state index contributed by atoms with van der Waals surface area (Å²) in [5.41, 5.74) is 4.93. The molecule has 0 saturated heterocycles. The van der Waals surface area contributed by atoms with Crippen LogP contribution in [0, 0.1) is 5.82 Å². The molecular weight excluding hydrogens is 469 g/mol. The molecule has 4 aromatic rings. The first-order valence-electron chi connectivity index (χ1n) is 10.4. The van der Waals surface area contributed by atoms with E-state index in [1.165, 1.54) is 30.1 Å². The van der Waals surface area contributed by atoms with Crippen LogP contribution in [0.5, 0.6) is 5.75 Å². The van der Waals surface area contributed by atoms with Gasteiger partial charge in [-0.25, -0.2) is 9.87 Å². The van der Waals surface area contributed by atoms with Gasteiger partial charge in [-0.3, -0.25) is 14.8 Å². The van der Waals surface area contributed by atoms with Crippen LogP contribution in [0.3, 0.4) is 0 Å². The lowest BCUT2D eigenvalue weighted by molar-refractivity contribution is 0.0706. The van der Waals surface area contributed by atoms with Crippen LogP contribution >= 0.6 is 11.9 Å². The quantitative estimate of drug-likeness (QED) is 0.0750. The van der Waals surface area contributed by atoms with Crippen molar-refractivity contribution in [2.45, 2.75) is 4.90 Å². The molecule has 0 fully saturated rings. The van der Waals surface area contributed by atoms with Gasteiger partial charge in [0.15, 0.2) is 0 Å². The number of amides is 2. The van der Waals surface area contributed by atoms with Crippen LogP contribution in [0.4, 0.5) is 15.8 Å². The predicted molar refractivity (Wildman–Crippen MR) is 133 cm³/mol. The summed E-state index contributed by atoms with van der Waals surface area (Å²) in [5.74, 6) is -1.25. The molecule has 2 amide bonds. The van der Waals surface area contributed by atoms with Crippen LogP contribution in [0.1, 0.15) is 20.7 Å². The largest absolute Gasteiger partial charge is 0.506 e. The summed E-state index contributed by atoms with van der Waals surface area (Å²) in [4.78, 5) is 24.9. The molecule has 0 aromatic heterocycles. The van der Waals surface area contributed by atoms with Crippen molar-refractivity contribution in [3.63, 3.8) is 0 Å². The molecule has 4 rings (SSSR count). The van der Waals surface area contributed by atoms with Gasteiger partial charge in [-0.2, -0.15) is 0 Å². The molecule has 0 saturated carbocycles. The highest BCUT2D eigenvalue weighted by Gasteiger charge is 2.10. The molecule has 0 heterocycles. The Bertz CT molecular complexity index is 1340. The highest BCUT2D eigenvalue weighted by atomic mass is 32.2. The van der Waals surface area contributed by atoms with E-state index in [0.717, 1.165) is 16.0 Å². The van der Waals surface area contributed by atoms with E-state index in [1.54, 1.807) is 78.3 Å². The monoisotopic (exact) mass is 489 g/mol. The van der Waals surface area contributed by atoms with Crippen LogP contribution in [-0.2, 0) is 0 Å². The van der Waals surface area contributed by atoms with Crippen molar-refractivity contribution in [3.8, 4) is 16.9 Å². The van der Waals surface area contributed by atoms with E-state index in [0.29, 0.717) is 22.5 Å². The lowest BCUT2D eigenvalue weighted by Crippen LogP contribution is -2.18. The highest BCUT2D eigenvalue weighted by Crippen LogP contribution is 2.31. The van der Waals surface area contributed by atoms with Gasteiger partial charge in [0.25, 0.3) is 11.8 Å². The summed E-state index contributed by atoms with van der Waals surface area (Å²) in [6.45, 7) is 0. The van der Waals surface area contributed by atoms with Gasteiger partial charge in [-0.1, -0.05) is 24.3 Å². The van der Waals surface area contributed by atoms with Crippen molar-refractivity contribution in [3.05, 3.63) is 108 Å². The first-order chi connectivity index (χ1) is 16.9. The Kier molecular flexibility index (Phi) is 7.30. The summed E-state index contributed by atoms with van der Waals surface area (Å²) >= 11 is 1.20. The van der Waals surface area contributed by atoms with E-state index in [2.05, 4.69) is 10.0 Å². The molecule has 4 aromatic carbocycles. The topological polar surface area (TPSA) is 111 Å². The van der Waals surface area contributed by atoms with Gasteiger partial charge >= 0.3 is 0 Å². The third-order valence-corrected chi connectivity index (χ3v) is 5.91. The zero-order chi connectivity index (χ0) is 24.8. The molecule has 5 N–H and O–H groups in total. The summed E-state index contributed by atoms with van der Waals surface area (Å²) in [6.07, 6.45) is 0. The second-order valence-corrected chi connectivity index (χ2v) is 8.32. The minimum atomic E-state index is -0.592. The van der Waals surface area contributed by atoms with Crippen molar-refractivity contribution in [1.29, 1.82) is 0 Å². The Morgan fingerprint density at radius 1 is 0.743 bits per heavy atom. The molecule has 0 radical (unpaired) electrons. The number of hydrogen-bond donors (Lipinski definition) is 5. The van der Waals surface area contributed by atoms with E-state index >= 15 is 0 Å². The van der Waals surface area contributed by atoms with Crippen LogP contribution in [0.25, 0.3) is 11.1 Å². The number of benzene rings is 4. The van der Waals surface area contributed by atoms with E-state index in [1.807, 2.05) is 0 Å². The Labute approximate surface area is 204 Å². The lowest BCUT2D eigenvalue weighted by Gasteiger charge is -2.11. The van der Waals surface area contributed by atoms with Crippen molar-refractivity contribution in [2.75, 3.05) is 10.0 Å². The average Bonchev–Trinajstić information content (AvgIpc) is 2.89. The first kappa shape index (κ1) is 23.8. The maximum absolute atomic E-state index is 13.1. The van der Waals surface area contributed by atoms with Gasteiger partial charge in [-0.15, -0.1) is 0 Å². The van der Waals surface area contributed by atoms with Crippen molar-refractivity contribution in [2.24, 2.45) is 0 Å². The number of nitrogens with one attached hydrogen (secondary N) is 3. The minimum absolute atomic E-state index is 0.00412. The third-order valence-electron chi connectivity index (χ3n) is 5.08. The number of hydrogen-bond acceptors (Lipinski definition) is 6. The summed E-state index contributed by atoms with van der Waals surface area (Å²) in [5, 5.41) is 21.6. The fraction of sp³-hybridized carbons (Fsp3) is 0. The van der Waals surface area contributed by atoms with Gasteiger partial charge in [0.1, 0.15) is 11.6 Å². The number of phenols is 1.